The fraction of sp³-hybridized carbons (Fsp3) is 0. The Bertz CT molecular complexity index is 606. The molecule has 1 amide bonds. The van der Waals surface area contributed by atoms with Gasteiger partial charge >= 0.3 is 0 Å². The van der Waals surface area contributed by atoms with Gasteiger partial charge in [0.05, 0.1) is 16.3 Å². The molecule has 1 aromatic heterocycles. The van der Waals surface area contributed by atoms with Crippen LogP contribution in [0.4, 0.5) is 10.1 Å². The summed E-state index contributed by atoms with van der Waals surface area (Å²) in [5.41, 5.74) is 0.282. The molecule has 0 aliphatic carbocycles. The fourth-order valence-electron chi connectivity index (χ4n) is 1.33. The number of hydrogen-bond donors (Lipinski definition) is 1. The van der Waals surface area contributed by atoms with Gasteiger partial charge in [0, 0.05) is 16.9 Å². The first-order valence-corrected chi connectivity index (χ1v) is 6.11. The number of amides is 1. The highest BCUT2D eigenvalue weighted by molar-refractivity contribution is 9.10. The molecule has 0 unspecified atom stereocenters. The summed E-state index contributed by atoms with van der Waals surface area (Å²) in [5, 5.41) is 2.70. The number of rotatable bonds is 2. The third-order valence-electron chi connectivity index (χ3n) is 2.19. The summed E-state index contributed by atoms with van der Waals surface area (Å²) in [5.74, 6) is -1.04. The summed E-state index contributed by atoms with van der Waals surface area (Å²) in [7, 11) is 0. The monoisotopic (exact) mass is 328 g/mol. The number of carbonyl (C=O) groups is 1. The highest BCUT2D eigenvalue weighted by Crippen LogP contribution is 2.21. The zero-order chi connectivity index (χ0) is 13.1. The van der Waals surface area contributed by atoms with Gasteiger partial charge in [-0.05, 0) is 24.3 Å². The van der Waals surface area contributed by atoms with E-state index >= 15 is 0 Å². The lowest BCUT2D eigenvalue weighted by atomic mass is 10.2. The highest BCUT2D eigenvalue weighted by Gasteiger charge is 2.12. The summed E-state index contributed by atoms with van der Waals surface area (Å²) in [6.45, 7) is 0. The summed E-state index contributed by atoms with van der Waals surface area (Å²) >= 11 is 8.98. The Morgan fingerprint density at radius 2 is 2.17 bits per heavy atom. The van der Waals surface area contributed by atoms with Gasteiger partial charge in [-0.3, -0.25) is 9.78 Å². The number of benzene rings is 1. The molecule has 2 aromatic rings. The second-order valence-electron chi connectivity index (χ2n) is 3.43. The summed E-state index contributed by atoms with van der Waals surface area (Å²) in [6, 6.07) is 5.85. The smallest absolute Gasteiger partial charge is 0.258 e. The number of nitrogens with one attached hydrogen (secondary N) is 1. The number of nitrogens with zero attached hydrogens (tertiary/aromatic N) is 1. The van der Waals surface area contributed by atoms with Crippen molar-refractivity contribution in [2.45, 2.75) is 0 Å². The Labute approximate surface area is 116 Å². The van der Waals surface area contributed by atoms with Crippen molar-refractivity contribution in [2.24, 2.45) is 0 Å². The third kappa shape index (κ3) is 2.86. The van der Waals surface area contributed by atoms with Gasteiger partial charge in [0.25, 0.3) is 5.91 Å². The minimum absolute atomic E-state index is 0.0862. The SMILES string of the molecule is O=C(Nc1ccc(Br)cc1F)c1cnccc1Cl. The van der Waals surface area contributed by atoms with E-state index in [1.54, 1.807) is 6.07 Å². The van der Waals surface area contributed by atoms with Crippen LogP contribution in [0.5, 0.6) is 0 Å². The molecule has 18 heavy (non-hydrogen) atoms. The first-order valence-electron chi connectivity index (χ1n) is 4.94. The van der Waals surface area contributed by atoms with E-state index in [1.165, 1.54) is 30.6 Å². The second kappa shape index (κ2) is 5.46. The van der Waals surface area contributed by atoms with E-state index in [0.29, 0.717) is 4.47 Å². The van der Waals surface area contributed by atoms with Crippen molar-refractivity contribution in [3.8, 4) is 0 Å². The maximum absolute atomic E-state index is 13.5. The molecule has 92 valence electrons. The molecule has 2 rings (SSSR count). The summed E-state index contributed by atoms with van der Waals surface area (Å²) in [6.07, 6.45) is 2.80. The maximum atomic E-state index is 13.5. The Morgan fingerprint density at radius 3 is 2.83 bits per heavy atom. The number of carbonyl (C=O) groups excluding carboxylic acids is 1. The molecule has 0 bridgehead atoms. The molecule has 1 aromatic carbocycles. The van der Waals surface area contributed by atoms with Crippen LogP contribution in [0.2, 0.25) is 5.02 Å². The Hall–Kier alpha value is -1.46. The topological polar surface area (TPSA) is 42.0 Å². The van der Waals surface area contributed by atoms with Crippen LogP contribution in [-0.2, 0) is 0 Å². The first kappa shape index (κ1) is 13.0. The van der Waals surface area contributed by atoms with Crippen LogP contribution in [0.15, 0.2) is 41.1 Å². The predicted octanol–water partition coefficient (Wildman–Crippen LogP) is 3.89. The molecule has 1 N–H and O–H groups in total. The lowest BCUT2D eigenvalue weighted by Gasteiger charge is -2.07. The summed E-state index contributed by atoms with van der Waals surface area (Å²) in [4.78, 5) is 15.7. The molecule has 0 fully saturated rings. The fourth-order valence-corrected chi connectivity index (χ4v) is 1.85. The minimum Gasteiger partial charge on any atom is -0.319 e. The lowest BCUT2D eigenvalue weighted by Crippen LogP contribution is -2.13. The molecule has 1 heterocycles. The van der Waals surface area contributed by atoms with Crippen molar-refractivity contribution in [3.63, 3.8) is 0 Å². The van der Waals surface area contributed by atoms with Gasteiger partial charge in [-0.1, -0.05) is 27.5 Å². The van der Waals surface area contributed by atoms with Gasteiger partial charge < -0.3 is 5.32 Å². The van der Waals surface area contributed by atoms with Crippen LogP contribution in [0.25, 0.3) is 0 Å². The largest absolute Gasteiger partial charge is 0.319 e. The molecule has 0 spiro atoms. The molecule has 6 heteroatoms. The Balaban J connectivity index is 2.24. The molecule has 0 radical (unpaired) electrons. The zero-order valence-corrected chi connectivity index (χ0v) is 11.3. The van der Waals surface area contributed by atoms with Crippen LogP contribution in [0.1, 0.15) is 10.4 Å². The van der Waals surface area contributed by atoms with Gasteiger partial charge in [0.2, 0.25) is 0 Å². The Morgan fingerprint density at radius 1 is 1.39 bits per heavy atom. The summed E-state index contributed by atoms with van der Waals surface area (Å²) < 4.78 is 14.1. The van der Waals surface area contributed by atoms with Gasteiger partial charge in [0.15, 0.2) is 0 Å². The molecular weight excluding hydrogens is 322 g/mol. The van der Waals surface area contributed by atoms with Crippen molar-refractivity contribution in [3.05, 3.63) is 57.5 Å². The Kier molecular flexibility index (Phi) is 3.93. The van der Waals surface area contributed by atoms with Crippen LogP contribution < -0.4 is 5.32 Å². The number of halogens is 3. The lowest BCUT2D eigenvalue weighted by molar-refractivity contribution is 0.102. The molecule has 0 atom stereocenters. The third-order valence-corrected chi connectivity index (χ3v) is 3.01. The molecule has 0 saturated carbocycles. The van der Waals surface area contributed by atoms with Crippen molar-refractivity contribution < 1.29 is 9.18 Å². The molecule has 0 aliphatic rings. The number of anilines is 1. The van der Waals surface area contributed by atoms with Crippen molar-refractivity contribution in [1.82, 2.24) is 4.98 Å². The second-order valence-corrected chi connectivity index (χ2v) is 4.76. The van der Waals surface area contributed by atoms with E-state index in [2.05, 4.69) is 26.2 Å². The van der Waals surface area contributed by atoms with E-state index in [9.17, 15) is 9.18 Å². The zero-order valence-electron chi connectivity index (χ0n) is 8.95. The van der Waals surface area contributed by atoms with E-state index in [1.807, 2.05) is 0 Å². The molecule has 0 aliphatic heterocycles. The maximum Gasteiger partial charge on any atom is 0.258 e. The molecular formula is C12H7BrClFN2O. The average molecular weight is 330 g/mol. The van der Waals surface area contributed by atoms with Crippen molar-refractivity contribution in [2.75, 3.05) is 5.32 Å². The average Bonchev–Trinajstić information content (AvgIpc) is 2.33. The van der Waals surface area contributed by atoms with E-state index in [4.69, 9.17) is 11.6 Å². The molecule has 0 saturated heterocycles. The van der Waals surface area contributed by atoms with E-state index in [-0.39, 0.29) is 16.3 Å². The van der Waals surface area contributed by atoms with Crippen LogP contribution >= 0.6 is 27.5 Å². The van der Waals surface area contributed by atoms with Gasteiger partial charge in [-0.15, -0.1) is 0 Å². The van der Waals surface area contributed by atoms with Gasteiger partial charge in [-0.25, -0.2) is 4.39 Å². The molecule has 3 nitrogen and oxygen atoms in total. The number of pyridine rings is 1. The minimum atomic E-state index is -0.530. The van der Waals surface area contributed by atoms with E-state index in [0.717, 1.165) is 0 Å². The van der Waals surface area contributed by atoms with Crippen LogP contribution in [0, 0.1) is 5.82 Å². The van der Waals surface area contributed by atoms with Crippen molar-refractivity contribution >= 4 is 39.1 Å². The first-order chi connectivity index (χ1) is 8.58. The van der Waals surface area contributed by atoms with Gasteiger partial charge in [-0.2, -0.15) is 0 Å². The standard InChI is InChI=1S/C12H7BrClFN2O/c13-7-1-2-11(10(15)5-7)17-12(18)8-6-16-4-3-9(8)14/h1-6H,(H,17,18). The predicted molar refractivity (Wildman–Crippen MR) is 71.3 cm³/mol. The van der Waals surface area contributed by atoms with Gasteiger partial charge in [0.1, 0.15) is 5.82 Å². The van der Waals surface area contributed by atoms with E-state index < -0.39 is 11.7 Å². The normalized spacial score (nSPS) is 10.2. The van der Waals surface area contributed by atoms with Crippen molar-refractivity contribution in [1.29, 1.82) is 0 Å². The van der Waals surface area contributed by atoms with Crippen LogP contribution in [-0.4, -0.2) is 10.9 Å². The highest BCUT2D eigenvalue weighted by atomic mass is 79.9. The quantitative estimate of drug-likeness (QED) is 0.908. The number of aromatic nitrogens is 1. The number of hydrogen-bond acceptors (Lipinski definition) is 2. The van der Waals surface area contributed by atoms with Crippen LogP contribution in [0.3, 0.4) is 0 Å².